The quantitative estimate of drug-likeness (QED) is 0.711. The van der Waals surface area contributed by atoms with Crippen molar-refractivity contribution in [1.82, 2.24) is 14.9 Å². The van der Waals surface area contributed by atoms with Crippen LogP contribution in [0.2, 0.25) is 0 Å². The Bertz CT molecular complexity index is 1140. The number of hydrogen-bond acceptors (Lipinski definition) is 6. The zero-order valence-corrected chi connectivity index (χ0v) is 16.2. The Labute approximate surface area is 165 Å². The largest absolute Gasteiger partial charge is 0.388 e. The molecule has 0 amide bonds. The summed E-state index contributed by atoms with van der Waals surface area (Å²) in [5, 5.41) is 16.4. The first-order valence-corrected chi connectivity index (χ1v) is 10.5. The molecule has 0 unspecified atom stereocenters. The molecular formula is C21H21N3O3S. The van der Waals surface area contributed by atoms with Gasteiger partial charge in [-0.1, -0.05) is 12.1 Å². The Hall–Kier alpha value is -2.35. The summed E-state index contributed by atoms with van der Waals surface area (Å²) in [6, 6.07) is 5.88. The number of rotatable bonds is 3. The van der Waals surface area contributed by atoms with Crippen LogP contribution < -0.4 is 10.9 Å². The normalized spacial score (nSPS) is 18.5. The van der Waals surface area contributed by atoms with Gasteiger partial charge in [-0.15, -0.1) is 11.3 Å². The number of benzene rings is 1. The molecule has 28 heavy (non-hydrogen) atoms. The van der Waals surface area contributed by atoms with Crippen LogP contribution in [-0.4, -0.2) is 39.1 Å². The summed E-state index contributed by atoms with van der Waals surface area (Å²) in [7, 11) is 0. The maximum Gasteiger partial charge on any atom is 0.262 e. The summed E-state index contributed by atoms with van der Waals surface area (Å²) >= 11 is 1.50. The number of ketones is 1. The van der Waals surface area contributed by atoms with E-state index in [-0.39, 0.29) is 17.9 Å². The van der Waals surface area contributed by atoms with Crippen LogP contribution in [0.1, 0.15) is 35.2 Å². The fourth-order valence-corrected chi connectivity index (χ4v) is 5.23. The van der Waals surface area contributed by atoms with Gasteiger partial charge in [-0.3, -0.25) is 14.2 Å². The van der Waals surface area contributed by atoms with Gasteiger partial charge < -0.3 is 10.4 Å². The molecule has 7 heteroatoms. The van der Waals surface area contributed by atoms with E-state index in [1.807, 2.05) is 17.5 Å². The molecule has 1 saturated heterocycles. The highest BCUT2D eigenvalue weighted by Gasteiger charge is 2.30. The number of Topliss-reactive ketones (excluding diaryl/α,β-unsaturated/α-hetero) is 1. The van der Waals surface area contributed by atoms with Gasteiger partial charge in [-0.05, 0) is 49.5 Å². The summed E-state index contributed by atoms with van der Waals surface area (Å²) in [6.07, 6.45) is 4.16. The summed E-state index contributed by atoms with van der Waals surface area (Å²) < 4.78 is 1.53. The number of aliphatic hydroxyl groups is 1. The van der Waals surface area contributed by atoms with Gasteiger partial charge in [0.15, 0.2) is 5.78 Å². The lowest BCUT2D eigenvalue weighted by Gasteiger charge is -2.32. The second-order valence-electron chi connectivity index (χ2n) is 7.77. The number of piperidine rings is 1. The molecule has 0 radical (unpaired) electrons. The summed E-state index contributed by atoms with van der Waals surface area (Å²) in [4.78, 5) is 30.4. The minimum Gasteiger partial charge on any atom is -0.388 e. The molecule has 5 rings (SSSR count). The monoisotopic (exact) mass is 395 g/mol. The third kappa shape index (κ3) is 2.90. The Morgan fingerprint density at radius 3 is 2.86 bits per heavy atom. The fourth-order valence-electron chi connectivity index (χ4n) is 4.25. The highest BCUT2D eigenvalue weighted by Crippen LogP contribution is 2.35. The number of carbonyl (C=O) groups excluding carboxylic acids is 1. The first kappa shape index (κ1) is 17.7. The van der Waals surface area contributed by atoms with Crippen LogP contribution in [0.4, 0.5) is 0 Å². The van der Waals surface area contributed by atoms with Gasteiger partial charge in [-0.2, -0.15) is 0 Å². The highest BCUT2D eigenvalue weighted by molar-refractivity contribution is 7.15. The predicted octanol–water partition coefficient (Wildman–Crippen LogP) is 2.37. The Balaban J connectivity index is 1.52. The Morgan fingerprint density at radius 2 is 2.04 bits per heavy atom. The molecule has 144 valence electrons. The van der Waals surface area contributed by atoms with Crippen LogP contribution in [0.3, 0.4) is 0 Å². The van der Waals surface area contributed by atoms with Gasteiger partial charge in [-0.25, -0.2) is 4.98 Å². The first-order valence-electron chi connectivity index (χ1n) is 9.60. The van der Waals surface area contributed by atoms with Gasteiger partial charge in [0.2, 0.25) is 0 Å². The van der Waals surface area contributed by atoms with Crippen molar-refractivity contribution in [3.8, 4) is 10.4 Å². The lowest BCUT2D eigenvalue weighted by molar-refractivity contribution is -0.00627. The van der Waals surface area contributed by atoms with Crippen LogP contribution in [-0.2, 0) is 13.0 Å². The van der Waals surface area contributed by atoms with Crippen molar-refractivity contribution in [1.29, 1.82) is 0 Å². The minimum atomic E-state index is -0.865. The van der Waals surface area contributed by atoms with E-state index in [1.165, 1.54) is 15.9 Å². The van der Waals surface area contributed by atoms with Crippen LogP contribution in [0.25, 0.3) is 21.3 Å². The van der Waals surface area contributed by atoms with Crippen LogP contribution in [0.15, 0.2) is 34.7 Å². The molecule has 2 aromatic heterocycles. The Morgan fingerprint density at radius 1 is 1.21 bits per heavy atom. The fraction of sp³-hybridized carbons (Fsp3) is 0.381. The zero-order valence-electron chi connectivity index (χ0n) is 15.4. The van der Waals surface area contributed by atoms with Crippen molar-refractivity contribution in [2.75, 3.05) is 13.1 Å². The second-order valence-corrected chi connectivity index (χ2v) is 8.65. The molecule has 2 N–H and O–H groups in total. The van der Waals surface area contributed by atoms with Crippen molar-refractivity contribution < 1.29 is 9.90 Å². The van der Waals surface area contributed by atoms with Crippen molar-refractivity contribution in [3.05, 3.63) is 51.4 Å². The number of aromatic nitrogens is 2. The number of carbonyl (C=O) groups is 1. The maximum absolute atomic E-state index is 13.0. The summed E-state index contributed by atoms with van der Waals surface area (Å²) in [5.74, 6) is 0.203. The van der Waals surface area contributed by atoms with Crippen LogP contribution in [0, 0.1) is 0 Å². The van der Waals surface area contributed by atoms with Crippen molar-refractivity contribution in [3.63, 3.8) is 0 Å². The number of hydrogen-bond donors (Lipinski definition) is 2. The molecule has 1 aliphatic heterocycles. The van der Waals surface area contributed by atoms with Crippen molar-refractivity contribution >= 4 is 28.0 Å². The van der Waals surface area contributed by atoms with Gasteiger partial charge in [0.25, 0.3) is 5.56 Å². The molecule has 1 aliphatic carbocycles. The maximum atomic E-state index is 13.0. The molecule has 1 fully saturated rings. The highest BCUT2D eigenvalue weighted by atomic mass is 32.1. The van der Waals surface area contributed by atoms with E-state index in [9.17, 15) is 14.7 Å². The van der Waals surface area contributed by atoms with Crippen LogP contribution >= 0.6 is 11.3 Å². The smallest absolute Gasteiger partial charge is 0.262 e. The van der Waals surface area contributed by atoms with Gasteiger partial charge in [0.1, 0.15) is 0 Å². The van der Waals surface area contributed by atoms with Crippen LogP contribution in [0.5, 0.6) is 0 Å². The van der Waals surface area contributed by atoms with E-state index >= 15 is 0 Å². The molecule has 0 saturated carbocycles. The molecule has 3 heterocycles. The van der Waals surface area contributed by atoms with E-state index in [2.05, 4.69) is 16.4 Å². The average Bonchev–Trinajstić information content (AvgIpc) is 3.28. The molecule has 0 spiro atoms. The predicted molar refractivity (Wildman–Crippen MR) is 109 cm³/mol. The summed E-state index contributed by atoms with van der Waals surface area (Å²) in [6.45, 7) is 1.78. The Kier molecular flexibility index (Phi) is 4.19. The molecule has 0 atom stereocenters. The van der Waals surface area contributed by atoms with Crippen molar-refractivity contribution in [2.45, 2.75) is 37.8 Å². The molecule has 6 nitrogen and oxygen atoms in total. The molecule has 1 aromatic carbocycles. The van der Waals surface area contributed by atoms with Gasteiger partial charge >= 0.3 is 0 Å². The third-order valence-electron chi connectivity index (χ3n) is 5.87. The molecule has 0 bridgehead atoms. The first-order chi connectivity index (χ1) is 13.5. The minimum absolute atomic E-state index is 0.115. The number of thiophene rings is 1. The number of nitrogens with one attached hydrogen (secondary N) is 1. The molecule has 2 aliphatic rings. The lowest BCUT2D eigenvalue weighted by Crippen LogP contribution is -2.46. The standard InChI is InChI=1S/C21H21N3O3S/c25-17-4-2-13-9-14(1-3-15(13)17)19-18-16(10-28-19)20(26)24(12-23-18)11-21(27)5-7-22-8-6-21/h1,3,9-10,12,22,27H,2,4-8,11H2. The van der Waals surface area contributed by atoms with E-state index in [0.29, 0.717) is 30.2 Å². The van der Waals surface area contributed by atoms with E-state index in [0.717, 1.165) is 41.1 Å². The van der Waals surface area contributed by atoms with Gasteiger partial charge in [0.05, 0.1) is 34.3 Å². The van der Waals surface area contributed by atoms with E-state index in [4.69, 9.17) is 0 Å². The van der Waals surface area contributed by atoms with E-state index < -0.39 is 5.60 Å². The molecule has 3 aromatic rings. The number of nitrogens with zero attached hydrogens (tertiary/aromatic N) is 2. The average molecular weight is 395 g/mol. The van der Waals surface area contributed by atoms with Crippen molar-refractivity contribution in [2.24, 2.45) is 0 Å². The number of fused-ring (bicyclic) bond motifs is 2. The lowest BCUT2D eigenvalue weighted by atomic mass is 9.92. The number of aryl methyl sites for hydroxylation is 1. The third-order valence-corrected chi connectivity index (χ3v) is 6.89. The SMILES string of the molecule is O=C1CCc2cc(-c3scc4c(=O)n(CC5(O)CCNCC5)cnc34)ccc21. The van der Waals surface area contributed by atoms with Gasteiger partial charge in [0, 0.05) is 17.4 Å². The molecular weight excluding hydrogens is 374 g/mol. The van der Waals surface area contributed by atoms with E-state index in [1.54, 1.807) is 6.33 Å². The summed E-state index contributed by atoms with van der Waals surface area (Å²) in [5.41, 5.74) is 2.59. The topological polar surface area (TPSA) is 84.2 Å². The second kappa shape index (κ2) is 6.62. The zero-order chi connectivity index (χ0) is 19.3.